The molecule has 1 atom stereocenters. The van der Waals surface area contributed by atoms with Gasteiger partial charge in [-0.3, -0.25) is 9.19 Å². The highest BCUT2D eigenvalue weighted by Gasteiger charge is 2.30. The van der Waals surface area contributed by atoms with Crippen LogP contribution in [-0.4, -0.2) is 57.5 Å². The van der Waals surface area contributed by atoms with Gasteiger partial charge in [0.2, 0.25) is 5.95 Å². The van der Waals surface area contributed by atoms with Gasteiger partial charge in [0.05, 0.1) is 18.2 Å². The van der Waals surface area contributed by atoms with Crippen LogP contribution in [0.3, 0.4) is 0 Å². The summed E-state index contributed by atoms with van der Waals surface area (Å²) in [6.07, 6.45) is 9.64. The fourth-order valence-electron chi connectivity index (χ4n) is 4.21. The van der Waals surface area contributed by atoms with Gasteiger partial charge in [-0.15, -0.1) is 0 Å². The topological polar surface area (TPSA) is 71.5 Å². The van der Waals surface area contributed by atoms with Crippen LogP contribution in [0.1, 0.15) is 25.3 Å². The Balaban J connectivity index is 1.59. The van der Waals surface area contributed by atoms with E-state index < -0.39 is 15.4 Å². The average molecular weight is 502 g/mol. The van der Waals surface area contributed by atoms with Crippen LogP contribution >= 0.6 is 0 Å². The largest absolute Gasteiger partial charge is 0.494 e. The molecule has 3 aromatic rings. The highest BCUT2D eigenvalue weighted by molar-refractivity contribution is 7.99. The second-order valence-corrected chi connectivity index (χ2v) is 11.3. The van der Waals surface area contributed by atoms with Crippen molar-refractivity contribution < 1.29 is 17.7 Å². The van der Waals surface area contributed by atoms with E-state index in [1.165, 1.54) is 12.1 Å². The molecule has 186 valence electrons. The minimum Gasteiger partial charge on any atom is -0.494 e. The third-order valence-electron chi connectivity index (χ3n) is 6.12. The zero-order valence-electron chi connectivity index (χ0n) is 20.0. The lowest BCUT2D eigenvalue weighted by Gasteiger charge is -2.40. The molecule has 0 saturated carbocycles. The zero-order valence-corrected chi connectivity index (χ0v) is 20.8. The maximum atomic E-state index is 13.8. The Bertz CT molecular complexity index is 1250. The predicted octanol–water partition coefficient (Wildman–Crippen LogP) is 4.50. The summed E-state index contributed by atoms with van der Waals surface area (Å²) in [5.41, 5.74) is 1.53. The number of alkyl halides is 2. The van der Waals surface area contributed by atoms with Crippen LogP contribution in [0, 0.1) is 0 Å². The number of piperidine rings is 1. The maximum Gasteiger partial charge on any atom is 0.270 e. The molecule has 1 fully saturated rings. The summed E-state index contributed by atoms with van der Waals surface area (Å²) in [6, 6.07) is 8.22. The number of nitrogens with zero attached hydrogens (tertiary/aromatic N) is 5. The molecule has 1 aromatic carbocycles. The summed E-state index contributed by atoms with van der Waals surface area (Å²) < 4.78 is 45.3. The number of pyridine rings is 1. The molecule has 1 aliphatic rings. The van der Waals surface area contributed by atoms with Crippen LogP contribution in [-0.2, 0) is 15.4 Å². The van der Waals surface area contributed by atoms with Crippen LogP contribution in [0.25, 0.3) is 0 Å². The molecule has 0 aliphatic carbocycles. The summed E-state index contributed by atoms with van der Waals surface area (Å²) in [6.45, 7) is 2.28. The number of methoxy groups -OCH3 is 1. The molecule has 0 amide bonds. The number of benzene rings is 1. The van der Waals surface area contributed by atoms with Crippen molar-refractivity contribution in [1.29, 1.82) is 0 Å². The Hall–Kier alpha value is -3.27. The van der Waals surface area contributed by atoms with Gasteiger partial charge in [0.1, 0.15) is 11.4 Å². The first-order chi connectivity index (χ1) is 16.6. The number of anilines is 3. The fraction of sp³-hybridized carbons (Fsp3) is 0.360. The van der Waals surface area contributed by atoms with E-state index in [2.05, 4.69) is 30.6 Å². The average Bonchev–Trinajstić information content (AvgIpc) is 2.84. The Morgan fingerprint density at radius 3 is 2.29 bits per heavy atom. The van der Waals surface area contributed by atoms with Crippen molar-refractivity contribution in [1.82, 2.24) is 15.0 Å². The predicted molar refractivity (Wildman–Crippen MR) is 136 cm³/mol. The quantitative estimate of drug-likeness (QED) is 0.441. The second kappa shape index (κ2) is 9.77. The molecule has 35 heavy (non-hydrogen) atoms. The smallest absolute Gasteiger partial charge is 0.270 e. The standard InChI is InChI=1S/C25H29F2N5O2S/c1-25(26,27)18-5-7-19(8-6-18)32(22-17-28-12-9-23(22)34-2)20-10-13-31(14-11-20)24-29-15-21(16-30-24)35(3,4)33/h5-9,12,15-17,20H,3,10-11,13-14H2,1-2,4H3. The van der Waals surface area contributed by atoms with E-state index in [1.807, 2.05) is 0 Å². The molecule has 0 N–H and O–H groups in total. The van der Waals surface area contributed by atoms with E-state index >= 15 is 0 Å². The van der Waals surface area contributed by atoms with E-state index in [9.17, 15) is 13.0 Å². The lowest BCUT2D eigenvalue weighted by molar-refractivity contribution is 0.0175. The molecular weight excluding hydrogens is 472 g/mol. The van der Waals surface area contributed by atoms with E-state index in [1.54, 1.807) is 56.4 Å². The summed E-state index contributed by atoms with van der Waals surface area (Å²) in [4.78, 5) is 17.8. The second-order valence-electron chi connectivity index (χ2n) is 8.79. The molecule has 2 aromatic heterocycles. The minimum absolute atomic E-state index is 0.0342. The number of aromatic nitrogens is 3. The molecule has 0 bridgehead atoms. The highest BCUT2D eigenvalue weighted by Crippen LogP contribution is 2.38. The van der Waals surface area contributed by atoms with Gasteiger partial charge in [0.15, 0.2) is 0 Å². The molecule has 1 aliphatic heterocycles. The number of hydrogen-bond acceptors (Lipinski definition) is 7. The summed E-state index contributed by atoms with van der Waals surface area (Å²) in [5, 5.41) is 0. The molecular formula is C25H29F2N5O2S. The third-order valence-corrected chi connectivity index (χ3v) is 7.33. The van der Waals surface area contributed by atoms with Gasteiger partial charge < -0.3 is 14.5 Å². The van der Waals surface area contributed by atoms with Crippen LogP contribution in [0.4, 0.5) is 26.1 Å². The monoisotopic (exact) mass is 501 g/mol. The number of rotatable bonds is 7. The first-order valence-electron chi connectivity index (χ1n) is 11.2. The zero-order chi connectivity index (χ0) is 25.2. The maximum absolute atomic E-state index is 13.8. The molecule has 4 rings (SSSR count). The van der Waals surface area contributed by atoms with Crippen molar-refractivity contribution in [3.8, 4) is 5.75 Å². The normalized spacial score (nSPS) is 16.5. The van der Waals surface area contributed by atoms with E-state index in [4.69, 9.17) is 4.74 Å². The lowest BCUT2D eigenvalue weighted by atomic mass is 10.0. The van der Waals surface area contributed by atoms with Crippen molar-refractivity contribution >= 4 is 32.7 Å². The molecule has 1 unspecified atom stereocenters. The first kappa shape index (κ1) is 24.8. The van der Waals surface area contributed by atoms with Gasteiger partial charge in [-0.25, -0.2) is 18.7 Å². The Labute approximate surface area is 204 Å². The van der Waals surface area contributed by atoms with E-state index in [-0.39, 0.29) is 11.6 Å². The summed E-state index contributed by atoms with van der Waals surface area (Å²) in [5.74, 6) is 2.00. The van der Waals surface area contributed by atoms with Gasteiger partial charge in [0, 0.05) is 68.2 Å². The van der Waals surface area contributed by atoms with Crippen molar-refractivity contribution in [3.05, 3.63) is 60.7 Å². The molecule has 3 heterocycles. The number of hydrogen-bond donors (Lipinski definition) is 0. The van der Waals surface area contributed by atoms with Crippen LogP contribution in [0.5, 0.6) is 5.75 Å². The summed E-state index contributed by atoms with van der Waals surface area (Å²) in [7, 11) is -0.767. The molecule has 0 spiro atoms. The third kappa shape index (κ3) is 5.53. The van der Waals surface area contributed by atoms with E-state index in [0.29, 0.717) is 29.7 Å². The van der Waals surface area contributed by atoms with Crippen LogP contribution in [0.2, 0.25) is 0 Å². The molecule has 7 nitrogen and oxygen atoms in total. The van der Waals surface area contributed by atoms with Gasteiger partial charge in [-0.2, -0.15) is 0 Å². The van der Waals surface area contributed by atoms with Crippen molar-refractivity contribution in [3.63, 3.8) is 0 Å². The van der Waals surface area contributed by atoms with Crippen molar-refractivity contribution in [2.75, 3.05) is 36.3 Å². The van der Waals surface area contributed by atoms with Crippen molar-refractivity contribution in [2.24, 2.45) is 0 Å². The van der Waals surface area contributed by atoms with E-state index in [0.717, 1.165) is 31.1 Å². The fourth-order valence-corrected chi connectivity index (χ4v) is 4.76. The van der Waals surface area contributed by atoms with Gasteiger partial charge in [-0.1, -0.05) is 12.1 Å². The van der Waals surface area contributed by atoms with Gasteiger partial charge in [0.25, 0.3) is 5.92 Å². The SMILES string of the molecule is C=S(C)(=O)c1cnc(N2CCC(N(c3ccc(C(C)(F)F)cc3)c3cnccc3OC)CC2)nc1. The van der Waals surface area contributed by atoms with Gasteiger partial charge in [-0.05, 0) is 40.4 Å². The molecule has 10 heteroatoms. The summed E-state index contributed by atoms with van der Waals surface area (Å²) >= 11 is 0. The number of halogens is 2. The first-order valence-corrected chi connectivity index (χ1v) is 13.4. The van der Waals surface area contributed by atoms with Crippen molar-refractivity contribution in [2.45, 2.75) is 36.6 Å². The Kier molecular flexibility index (Phi) is 6.93. The van der Waals surface area contributed by atoms with Crippen LogP contribution < -0.4 is 14.5 Å². The lowest BCUT2D eigenvalue weighted by Crippen LogP contribution is -2.44. The molecule has 1 saturated heterocycles. The molecule has 0 radical (unpaired) electrons. The van der Waals surface area contributed by atoms with Gasteiger partial charge >= 0.3 is 0 Å². The number of ether oxygens (including phenoxy) is 1. The Morgan fingerprint density at radius 1 is 1.11 bits per heavy atom. The Morgan fingerprint density at radius 2 is 1.74 bits per heavy atom. The van der Waals surface area contributed by atoms with Crippen LogP contribution in [0.15, 0.2) is 60.0 Å². The highest BCUT2D eigenvalue weighted by atomic mass is 32.2. The minimum atomic E-state index is -2.91.